The zero-order chi connectivity index (χ0) is 24.5. The number of anilines is 1. The molecule has 178 valence electrons. The number of aryl methyl sites for hydroxylation is 1. The van der Waals surface area contributed by atoms with E-state index in [0.29, 0.717) is 42.0 Å². The molecule has 0 spiro atoms. The minimum atomic E-state index is -0.318. The fourth-order valence-corrected chi connectivity index (χ4v) is 4.84. The van der Waals surface area contributed by atoms with Crippen molar-refractivity contribution in [1.29, 1.82) is 0 Å². The third-order valence-corrected chi connectivity index (χ3v) is 6.48. The number of carbonyl (C=O) groups is 3. The lowest BCUT2D eigenvalue weighted by Gasteiger charge is -2.11. The summed E-state index contributed by atoms with van der Waals surface area (Å²) in [5, 5.41) is 2.91. The molecule has 3 aromatic rings. The maximum atomic E-state index is 13.3. The quantitative estimate of drug-likeness (QED) is 0.375. The molecule has 1 aliphatic carbocycles. The van der Waals surface area contributed by atoms with Crippen LogP contribution in [0.2, 0.25) is 0 Å². The molecule has 6 nitrogen and oxygen atoms in total. The van der Waals surface area contributed by atoms with Crippen molar-refractivity contribution >= 4 is 35.0 Å². The molecule has 0 atom stereocenters. The summed E-state index contributed by atoms with van der Waals surface area (Å²) in [7, 11) is 0. The van der Waals surface area contributed by atoms with Crippen molar-refractivity contribution in [2.24, 2.45) is 0 Å². The number of fused-ring (bicyclic) bond motifs is 2. The van der Waals surface area contributed by atoms with Crippen molar-refractivity contribution in [3.8, 4) is 11.1 Å². The van der Waals surface area contributed by atoms with Crippen LogP contribution in [0.5, 0.6) is 0 Å². The van der Waals surface area contributed by atoms with E-state index in [0.717, 1.165) is 40.8 Å². The van der Waals surface area contributed by atoms with Gasteiger partial charge in [-0.15, -0.1) is 0 Å². The summed E-state index contributed by atoms with van der Waals surface area (Å²) in [6, 6.07) is 11.8. The van der Waals surface area contributed by atoms with Crippen LogP contribution in [-0.4, -0.2) is 29.3 Å². The van der Waals surface area contributed by atoms with E-state index in [9.17, 15) is 18.8 Å². The zero-order valence-corrected chi connectivity index (χ0v) is 19.4. The van der Waals surface area contributed by atoms with Crippen molar-refractivity contribution in [2.75, 3.05) is 11.9 Å². The standard InChI is InChI=1S/C28H25FN2O4/c1-2-35-26(33)13-12-20-24(30-22-4-3-5-25(32)27(20)22)15-21-19-11-8-17(14-23(19)31-28(21)34)16-6-9-18(29)10-7-16/h6-11,14-15,30H,2-5,12-13H2,1H3,(H,31,34). The van der Waals surface area contributed by atoms with Gasteiger partial charge in [-0.25, -0.2) is 4.39 Å². The van der Waals surface area contributed by atoms with E-state index in [1.165, 1.54) is 12.1 Å². The SMILES string of the molecule is CCOC(=O)CCc1c(C=C2C(=O)Nc3cc(-c4ccc(F)cc4)ccc32)[nH]c2c1C(=O)CCC2. The van der Waals surface area contributed by atoms with Crippen molar-refractivity contribution in [2.45, 2.75) is 39.0 Å². The highest BCUT2D eigenvalue weighted by atomic mass is 19.1. The Balaban J connectivity index is 1.52. The van der Waals surface area contributed by atoms with E-state index in [1.54, 1.807) is 25.1 Å². The molecule has 0 saturated heterocycles. The maximum absolute atomic E-state index is 13.3. The van der Waals surface area contributed by atoms with E-state index in [4.69, 9.17) is 4.74 Å². The molecular formula is C28H25FN2O4. The van der Waals surface area contributed by atoms with Crippen molar-refractivity contribution in [3.63, 3.8) is 0 Å². The third-order valence-electron chi connectivity index (χ3n) is 6.48. The summed E-state index contributed by atoms with van der Waals surface area (Å²) in [5.74, 6) is -0.807. The molecule has 2 aromatic carbocycles. The highest BCUT2D eigenvalue weighted by Gasteiger charge is 2.29. The molecule has 0 fully saturated rings. The highest BCUT2D eigenvalue weighted by molar-refractivity contribution is 6.35. The van der Waals surface area contributed by atoms with Gasteiger partial charge in [0.05, 0.1) is 12.2 Å². The van der Waals surface area contributed by atoms with Crippen molar-refractivity contribution in [1.82, 2.24) is 4.98 Å². The van der Waals surface area contributed by atoms with Crippen LogP contribution in [0.3, 0.4) is 0 Å². The number of halogens is 1. The molecule has 7 heteroatoms. The number of ketones is 1. The topological polar surface area (TPSA) is 88.3 Å². The first-order valence-electron chi connectivity index (χ1n) is 11.8. The number of carbonyl (C=O) groups excluding carboxylic acids is 3. The van der Waals surface area contributed by atoms with Crippen LogP contribution in [0.1, 0.15) is 59.1 Å². The van der Waals surface area contributed by atoms with Crippen LogP contribution >= 0.6 is 0 Å². The van der Waals surface area contributed by atoms with E-state index < -0.39 is 0 Å². The van der Waals surface area contributed by atoms with Gasteiger partial charge < -0.3 is 15.0 Å². The maximum Gasteiger partial charge on any atom is 0.306 e. The number of aromatic amines is 1. The van der Waals surface area contributed by atoms with Gasteiger partial charge in [0.2, 0.25) is 0 Å². The fourth-order valence-electron chi connectivity index (χ4n) is 4.84. The molecule has 2 heterocycles. The van der Waals surface area contributed by atoms with Crippen LogP contribution in [0, 0.1) is 5.82 Å². The van der Waals surface area contributed by atoms with Crippen molar-refractivity contribution in [3.05, 3.63) is 76.4 Å². The minimum Gasteiger partial charge on any atom is -0.466 e. The Labute approximate surface area is 202 Å². The van der Waals surface area contributed by atoms with Gasteiger partial charge in [0.1, 0.15) is 5.82 Å². The van der Waals surface area contributed by atoms with Gasteiger partial charge in [0.15, 0.2) is 5.78 Å². The Kier molecular flexibility index (Phi) is 6.07. The number of aromatic nitrogens is 1. The predicted octanol–water partition coefficient (Wildman–Crippen LogP) is 5.33. The van der Waals surface area contributed by atoms with E-state index in [1.807, 2.05) is 18.2 Å². The molecule has 0 unspecified atom stereocenters. The van der Waals surface area contributed by atoms with Gasteiger partial charge in [-0.1, -0.05) is 24.3 Å². The molecule has 1 aliphatic heterocycles. The molecule has 0 bridgehead atoms. The number of amides is 1. The Morgan fingerprint density at radius 3 is 2.63 bits per heavy atom. The Hall–Kier alpha value is -4.00. The van der Waals surface area contributed by atoms with Crippen LogP contribution in [0.15, 0.2) is 42.5 Å². The first kappa shape index (κ1) is 22.8. The first-order chi connectivity index (χ1) is 16.9. The summed E-state index contributed by atoms with van der Waals surface area (Å²) in [6.45, 7) is 2.06. The van der Waals surface area contributed by atoms with Gasteiger partial charge in [0.25, 0.3) is 5.91 Å². The average molecular weight is 473 g/mol. The number of ether oxygens (including phenoxy) is 1. The van der Waals surface area contributed by atoms with Crippen LogP contribution < -0.4 is 5.32 Å². The Morgan fingerprint density at radius 1 is 1.09 bits per heavy atom. The molecule has 2 aliphatic rings. The Bertz CT molecular complexity index is 1370. The largest absolute Gasteiger partial charge is 0.466 e. The molecule has 5 rings (SSSR count). The summed E-state index contributed by atoms with van der Waals surface area (Å²) in [4.78, 5) is 41.0. The van der Waals surface area contributed by atoms with E-state index in [2.05, 4.69) is 10.3 Å². The highest BCUT2D eigenvalue weighted by Crippen LogP contribution is 2.38. The molecule has 1 amide bonds. The second-order valence-electron chi connectivity index (χ2n) is 8.73. The number of hydrogen-bond acceptors (Lipinski definition) is 4. The molecule has 1 aromatic heterocycles. The second kappa shape index (κ2) is 9.33. The third kappa shape index (κ3) is 4.41. The number of rotatable bonds is 6. The predicted molar refractivity (Wildman–Crippen MR) is 131 cm³/mol. The summed E-state index contributed by atoms with van der Waals surface area (Å²) >= 11 is 0. The number of hydrogen-bond donors (Lipinski definition) is 2. The lowest BCUT2D eigenvalue weighted by Crippen LogP contribution is -2.12. The van der Waals surface area contributed by atoms with Crippen LogP contribution in [0.4, 0.5) is 10.1 Å². The molecule has 0 radical (unpaired) electrons. The lowest BCUT2D eigenvalue weighted by molar-refractivity contribution is -0.143. The summed E-state index contributed by atoms with van der Waals surface area (Å²) < 4.78 is 18.4. The summed E-state index contributed by atoms with van der Waals surface area (Å²) in [6.07, 6.45) is 4.28. The number of H-pyrrole nitrogens is 1. The second-order valence-corrected chi connectivity index (χ2v) is 8.73. The van der Waals surface area contributed by atoms with Gasteiger partial charge in [-0.2, -0.15) is 0 Å². The Morgan fingerprint density at radius 2 is 1.86 bits per heavy atom. The van der Waals surface area contributed by atoms with Gasteiger partial charge in [-0.3, -0.25) is 14.4 Å². The molecular weight excluding hydrogens is 447 g/mol. The number of nitrogens with one attached hydrogen (secondary N) is 2. The fraction of sp³-hybridized carbons (Fsp3) is 0.250. The van der Waals surface area contributed by atoms with Gasteiger partial charge in [-0.05, 0) is 67.2 Å². The lowest BCUT2D eigenvalue weighted by atomic mass is 9.91. The van der Waals surface area contributed by atoms with Crippen molar-refractivity contribution < 1.29 is 23.5 Å². The van der Waals surface area contributed by atoms with Crippen LogP contribution in [-0.2, 0) is 27.2 Å². The first-order valence-corrected chi connectivity index (χ1v) is 11.8. The average Bonchev–Trinajstić information content (AvgIpc) is 3.35. The van der Waals surface area contributed by atoms with Gasteiger partial charge >= 0.3 is 5.97 Å². The smallest absolute Gasteiger partial charge is 0.306 e. The monoisotopic (exact) mass is 472 g/mol. The van der Waals surface area contributed by atoms with Crippen LogP contribution in [0.25, 0.3) is 22.8 Å². The summed E-state index contributed by atoms with van der Waals surface area (Å²) in [5.41, 5.74) is 6.55. The van der Waals surface area contributed by atoms with Gasteiger partial charge in [0, 0.05) is 41.0 Å². The number of benzene rings is 2. The minimum absolute atomic E-state index is 0.0613. The molecule has 0 saturated carbocycles. The zero-order valence-electron chi connectivity index (χ0n) is 19.4. The van der Waals surface area contributed by atoms with E-state index >= 15 is 0 Å². The molecule has 2 N–H and O–H groups in total. The molecule has 35 heavy (non-hydrogen) atoms. The number of Topliss-reactive ketones (excluding diaryl/α,β-unsaturated/α-hetero) is 1. The van der Waals surface area contributed by atoms with E-state index in [-0.39, 0.29) is 29.9 Å². The number of esters is 1. The normalized spacial score (nSPS) is 15.7.